The summed E-state index contributed by atoms with van der Waals surface area (Å²) in [5.41, 5.74) is 1.63. The Morgan fingerprint density at radius 2 is 1.91 bits per heavy atom. The molecule has 118 valence electrons. The van der Waals surface area contributed by atoms with Gasteiger partial charge in [0, 0.05) is 12.4 Å². The fourth-order valence-electron chi connectivity index (χ4n) is 2.08. The molecule has 0 aliphatic carbocycles. The molecule has 2 heterocycles. The van der Waals surface area contributed by atoms with Crippen molar-refractivity contribution in [2.45, 2.75) is 0 Å². The van der Waals surface area contributed by atoms with Crippen LogP contribution in [0.5, 0.6) is 5.75 Å². The van der Waals surface area contributed by atoms with Gasteiger partial charge in [0.15, 0.2) is 0 Å². The Balaban J connectivity index is 1.89. The SMILES string of the molecule is O=S1(=O)NC(O)=CN1c1ccc(C=Cc2cccnc2)cc1O. The molecule has 0 spiro atoms. The maximum absolute atomic E-state index is 11.8. The van der Waals surface area contributed by atoms with Gasteiger partial charge < -0.3 is 10.2 Å². The summed E-state index contributed by atoms with van der Waals surface area (Å²) < 4.78 is 26.3. The minimum atomic E-state index is -3.93. The number of nitrogens with zero attached hydrogens (tertiary/aromatic N) is 2. The van der Waals surface area contributed by atoms with E-state index in [4.69, 9.17) is 0 Å². The molecule has 0 amide bonds. The molecular weight excluding hydrogens is 318 g/mol. The third kappa shape index (κ3) is 3.11. The summed E-state index contributed by atoms with van der Waals surface area (Å²) in [6.45, 7) is 0. The van der Waals surface area contributed by atoms with E-state index in [0.717, 1.165) is 16.1 Å². The van der Waals surface area contributed by atoms with Gasteiger partial charge in [0.1, 0.15) is 11.4 Å². The second-order valence-corrected chi connectivity index (χ2v) is 6.33. The minimum Gasteiger partial charge on any atom is -0.506 e. The van der Waals surface area contributed by atoms with E-state index < -0.39 is 16.1 Å². The average molecular weight is 331 g/mol. The fourth-order valence-corrected chi connectivity index (χ4v) is 3.15. The first-order chi connectivity index (χ1) is 11.0. The van der Waals surface area contributed by atoms with E-state index >= 15 is 0 Å². The Bertz CT molecular complexity index is 892. The van der Waals surface area contributed by atoms with Gasteiger partial charge >= 0.3 is 10.2 Å². The molecule has 0 atom stereocenters. The number of aromatic hydroxyl groups is 1. The minimum absolute atomic E-state index is 0.0417. The van der Waals surface area contributed by atoms with Crippen LogP contribution in [0, 0.1) is 0 Å². The van der Waals surface area contributed by atoms with Crippen molar-refractivity contribution in [3.63, 3.8) is 0 Å². The molecule has 0 radical (unpaired) electrons. The number of rotatable bonds is 3. The first-order valence-electron chi connectivity index (χ1n) is 6.60. The topological polar surface area (TPSA) is 103 Å². The lowest BCUT2D eigenvalue weighted by Crippen LogP contribution is -2.29. The summed E-state index contributed by atoms with van der Waals surface area (Å²) in [5, 5.41) is 19.4. The quantitative estimate of drug-likeness (QED) is 0.798. The summed E-state index contributed by atoms with van der Waals surface area (Å²) in [5.74, 6) is -0.736. The van der Waals surface area contributed by atoms with Crippen molar-refractivity contribution >= 4 is 28.0 Å². The number of pyridine rings is 1. The number of phenolic OH excluding ortho intramolecular Hbond substituents is 1. The Kier molecular flexibility index (Phi) is 3.67. The number of benzene rings is 1. The summed E-state index contributed by atoms with van der Waals surface area (Å²) >= 11 is 0. The lowest BCUT2D eigenvalue weighted by atomic mass is 10.1. The van der Waals surface area contributed by atoms with E-state index in [0.29, 0.717) is 5.56 Å². The molecule has 8 heteroatoms. The molecule has 3 rings (SSSR count). The standard InChI is InChI=1S/C15H13N3O4S/c19-14-8-11(3-4-12-2-1-7-16-9-12)5-6-13(14)18-10-15(20)17-23(18,21)22/h1-10,17,19-20H. The predicted octanol–water partition coefficient (Wildman–Crippen LogP) is 1.97. The number of aromatic nitrogens is 1. The number of phenols is 1. The van der Waals surface area contributed by atoms with Crippen LogP contribution in [0.25, 0.3) is 12.2 Å². The highest BCUT2D eigenvalue weighted by molar-refractivity contribution is 7.91. The molecule has 0 saturated heterocycles. The third-order valence-electron chi connectivity index (χ3n) is 3.12. The van der Waals surface area contributed by atoms with Crippen molar-refractivity contribution in [2.24, 2.45) is 0 Å². The van der Waals surface area contributed by atoms with Crippen LogP contribution in [0.4, 0.5) is 5.69 Å². The highest BCUT2D eigenvalue weighted by Gasteiger charge is 2.30. The predicted molar refractivity (Wildman–Crippen MR) is 86.5 cm³/mol. The first-order valence-corrected chi connectivity index (χ1v) is 8.04. The first kappa shape index (κ1) is 14.9. The molecule has 1 aromatic heterocycles. The van der Waals surface area contributed by atoms with E-state index in [1.807, 2.05) is 22.9 Å². The van der Waals surface area contributed by atoms with Crippen LogP contribution in [-0.4, -0.2) is 23.6 Å². The molecule has 1 aromatic carbocycles. The lowest BCUT2D eigenvalue weighted by Gasteiger charge is -2.15. The number of nitrogens with one attached hydrogen (secondary N) is 1. The van der Waals surface area contributed by atoms with Crippen molar-refractivity contribution in [1.82, 2.24) is 9.71 Å². The molecule has 1 aliphatic rings. The smallest absolute Gasteiger partial charge is 0.330 e. The van der Waals surface area contributed by atoms with Crippen molar-refractivity contribution in [2.75, 3.05) is 4.31 Å². The number of hydrogen-bond donors (Lipinski definition) is 3. The van der Waals surface area contributed by atoms with E-state index in [9.17, 15) is 18.6 Å². The van der Waals surface area contributed by atoms with Crippen LogP contribution in [0.3, 0.4) is 0 Å². The zero-order chi connectivity index (χ0) is 16.4. The van der Waals surface area contributed by atoms with Crippen molar-refractivity contribution in [1.29, 1.82) is 0 Å². The zero-order valence-corrected chi connectivity index (χ0v) is 12.6. The molecule has 1 aliphatic heterocycles. The Morgan fingerprint density at radius 1 is 1.13 bits per heavy atom. The van der Waals surface area contributed by atoms with E-state index in [2.05, 4.69) is 4.98 Å². The average Bonchev–Trinajstić information content (AvgIpc) is 2.79. The maximum Gasteiger partial charge on any atom is 0.330 e. The van der Waals surface area contributed by atoms with E-state index in [1.165, 1.54) is 12.1 Å². The molecule has 0 unspecified atom stereocenters. The Morgan fingerprint density at radius 3 is 2.52 bits per heavy atom. The number of hydrogen-bond acceptors (Lipinski definition) is 5. The molecular formula is C15H13N3O4S. The van der Waals surface area contributed by atoms with Crippen LogP contribution in [-0.2, 0) is 10.2 Å². The number of anilines is 1. The van der Waals surface area contributed by atoms with Crippen LogP contribution in [0.15, 0.2) is 54.8 Å². The highest BCUT2D eigenvalue weighted by Crippen LogP contribution is 2.32. The van der Waals surface area contributed by atoms with Crippen LogP contribution in [0.1, 0.15) is 11.1 Å². The van der Waals surface area contributed by atoms with Crippen LogP contribution >= 0.6 is 0 Å². The van der Waals surface area contributed by atoms with Crippen LogP contribution in [0.2, 0.25) is 0 Å². The fraction of sp³-hybridized carbons (Fsp3) is 0. The summed E-state index contributed by atoms with van der Waals surface area (Å²) in [7, 11) is -3.93. The molecule has 3 N–H and O–H groups in total. The molecule has 7 nitrogen and oxygen atoms in total. The molecule has 2 aromatic rings. The van der Waals surface area contributed by atoms with Crippen molar-refractivity contribution in [3.8, 4) is 5.75 Å². The van der Waals surface area contributed by atoms with Gasteiger partial charge in [-0.15, -0.1) is 0 Å². The van der Waals surface area contributed by atoms with Gasteiger partial charge in [-0.3, -0.25) is 4.98 Å². The van der Waals surface area contributed by atoms with Crippen molar-refractivity contribution in [3.05, 3.63) is 65.9 Å². The number of aliphatic hydroxyl groups excluding tert-OH is 1. The maximum atomic E-state index is 11.8. The molecule has 0 saturated carbocycles. The highest BCUT2D eigenvalue weighted by atomic mass is 32.2. The Hall–Kier alpha value is -3.00. The molecule has 0 fully saturated rings. The van der Waals surface area contributed by atoms with Gasteiger partial charge in [0.25, 0.3) is 0 Å². The van der Waals surface area contributed by atoms with Gasteiger partial charge in [-0.25, -0.2) is 9.03 Å². The normalized spacial score (nSPS) is 16.3. The third-order valence-corrected chi connectivity index (χ3v) is 4.41. The second-order valence-electron chi connectivity index (χ2n) is 4.79. The molecule has 0 bridgehead atoms. The van der Waals surface area contributed by atoms with Crippen molar-refractivity contribution < 1.29 is 18.6 Å². The summed E-state index contributed by atoms with van der Waals surface area (Å²) in [6.07, 6.45) is 7.94. The van der Waals surface area contributed by atoms with Crippen LogP contribution < -0.4 is 9.03 Å². The second kappa shape index (κ2) is 5.65. The Labute approximate surface area is 133 Å². The summed E-state index contributed by atoms with van der Waals surface area (Å²) in [4.78, 5) is 3.99. The summed E-state index contributed by atoms with van der Waals surface area (Å²) in [6, 6.07) is 8.23. The van der Waals surface area contributed by atoms with Gasteiger partial charge in [0.2, 0.25) is 5.88 Å². The van der Waals surface area contributed by atoms with Gasteiger partial charge in [-0.1, -0.05) is 24.3 Å². The number of aliphatic hydroxyl groups is 1. The van der Waals surface area contributed by atoms with Gasteiger partial charge in [0.05, 0.1) is 6.20 Å². The monoisotopic (exact) mass is 331 g/mol. The lowest BCUT2D eigenvalue weighted by molar-refractivity contribution is 0.392. The largest absolute Gasteiger partial charge is 0.506 e. The van der Waals surface area contributed by atoms with E-state index in [1.54, 1.807) is 24.5 Å². The van der Waals surface area contributed by atoms with Gasteiger partial charge in [-0.05, 0) is 29.3 Å². The zero-order valence-electron chi connectivity index (χ0n) is 11.8. The van der Waals surface area contributed by atoms with E-state index in [-0.39, 0.29) is 11.4 Å². The van der Waals surface area contributed by atoms with Gasteiger partial charge in [-0.2, -0.15) is 8.42 Å². The molecule has 23 heavy (non-hydrogen) atoms.